The van der Waals surface area contributed by atoms with Crippen LogP contribution in [0, 0.1) is 0 Å². The third-order valence-corrected chi connectivity index (χ3v) is 4.85. The normalized spacial score (nSPS) is 12.1. The summed E-state index contributed by atoms with van der Waals surface area (Å²) in [5.74, 6) is 1.23. The topological polar surface area (TPSA) is 54.9 Å². The molecule has 0 amide bonds. The van der Waals surface area contributed by atoms with Crippen LogP contribution >= 0.6 is 24.0 Å². The Labute approximate surface area is 205 Å². The SMILES string of the molecule is CCNC(=NCC(Cc1ccccc1)c1ccccc1)NCCCCOCCOC.I. The van der Waals surface area contributed by atoms with Gasteiger partial charge in [0.15, 0.2) is 5.96 Å². The quantitative estimate of drug-likeness (QED) is 0.159. The van der Waals surface area contributed by atoms with Crippen molar-refractivity contribution in [3.63, 3.8) is 0 Å². The monoisotopic (exact) mass is 539 g/mol. The molecule has 0 aliphatic rings. The maximum Gasteiger partial charge on any atom is 0.191 e. The largest absolute Gasteiger partial charge is 0.382 e. The van der Waals surface area contributed by atoms with Crippen molar-refractivity contribution in [3.05, 3.63) is 71.8 Å². The van der Waals surface area contributed by atoms with Gasteiger partial charge in [-0.3, -0.25) is 4.99 Å². The molecule has 0 saturated carbocycles. The predicted molar refractivity (Wildman–Crippen MR) is 141 cm³/mol. The van der Waals surface area contributed by atoms with Gasteiger partial charge in [-0.25, -0.2) is 0 Å². The van der Waals surface area contributed by atoms with Crippen molar-refractivity contribution in [1.29, 1.82) is 0 Å². The van der Waals surface area contributed by atoms with Gasteiger partial charge in [0.1, 0.15) is 0 Å². The fourth-order valence-corrected chi connectivity index (χ4v) is 3.24. The van der Waals surface area contributed by atoms with Gasteiger partial charge in [0, 0.05) is 39.3 Å². The van der Waals surface area contributed by atoms with Crippen molar-refractivity contribution in [3.8, 4) is 0 Å². The highest BCUT2D eigenvalue weighted by atomic mass is 127. The first-order valence-corrected chi connectivity index (χ1v) is 11.0. The van der Waals surface area contributed by atoms with Crippen molar-refractivity contribution in [2.75, 3.05) is 46.6 Å². The van der Waals surface area contributed by atoms with Crippen LogP contribution in [-0.4, -0.2) is 52.5 Å². The zero-order chi connectivity index (χ0) is 21.3. The van der Waals surface area contributed by atoms with E-state index in [0.29, 0.717) is 19.1 Å². The third kappa shape index (κ3) is 12.1. The van der Waals surface area contributed by atoms with E-state index in [4.69, 9.17) is 14.5 Å². The summed E-state index contributed by atoms with van der Waals surface area (Å²) in [7, 11) is 1.69. The predicted octanol–water partition coefficient (Wildman–Crippen LogP) is 4.63. The highest BCUT2D eigenvalue weighted by Crippen LogP contribution is 2.21. The molecule has 0 radical (unpaired) electrons. The lowest BCUT2D eigenvalue weighted by Crippen LogP contribution is -2.38. The first-order chi connectivity index (χ1) is 14.8. The minimum Gasteiger partial charge on any atom is -0.382 e. The first-order valence-electron chi connectivity index (χ1n) is 11.0. The summed E-state index contributed by atoms with van der Waals surface area (Å²) in [6.45, 7) is 6.66. The summed E-state index contributed by atoms with van der Waals surface area (Å²) in [5.41, 5.74) is 2.67. The first kappa shape index (κ1) is 27.4. The Morgan fingerprint density at radius 2 is 1.61 bits per heavy atom. The number of unbranched alkanes of at least 4 members (excludes halogenated alkanes) is 1. The number of ether oxygens (including phenoxy) is 2. The van der Waals surface area contributed by atoms with E-state index in [-0.39, 0.29) is 24.0 Å². The number of aliphatic imine (C=N–C) groups is 1. The summed E-state index contributed by atoms with van der Waals surface area (Å²) in [6, 6.07) is 21.3. The van der Waals surface area contributed by atoms with Gasteiger partial charge >= 0.3 is 0 Å². The Bertz CT molecular complexity index is 698. The van der Waals surface area contributed by atoms with Gasteiger partial charge < -0.3 is 20.1 Å². The van der Waals surface area contributed by atoms with E-state index in [2.05, 4.69) is 78.2 Å². The standard InChI is InChI=1S/C25H37N3O2.HI/c1-3-26-25(27-16-10-11-17-30-19-18-29-2)28-21-24(23-14-8-5-9-15-23)20-22-12-6-4-7-13-22;/h4-9,12-15,24H,3,10-11,16-21H2,1-2H3,(H2,26,27,28);1H. The van der Waals surface area contributed by atoms with Crippen LogP contribution in [0.4, 0.5) is 0 Å². The molecule has 0 aliphatic carbocycles. The van der Waals surface area contributed by atoms with E-state index in [9.17, 15) is 0 Å². The van der Waals surface area contributed by atoms with Gasteiger partial charge in [-0.15, -0.1) is 24.0 Å². The second kappa shape index (κ2) is 18.0. The summed E-state index contributed by atoms with van der Waals surface area (Å²) in [5, 5.41) is 6.82. The molecular weight excluding hydrogens is 501 g/mol. The summed E-state index contributed by atoms with van der Waals surface area (Å²) < 4.78 is 10.5. The van der Waals surface area contributed by atoms with Crippen molar-refractivity contribution >= 4 is 29.9 Å². The number of hydrogen-bond donors (Lipinski definition) is 2. The van der Waals surface area contributed by atoms with E-state index in [0.717, 1.165) is 51.5 Å². The van der Waals surface area contributed by atoms with Gasteiger partial charge in [0.25, 0.3) is 0 Å². The Kier molecular flexibility index (Phi) is 15.9. The average molecular weight is 540 g/mol. The van der Waals surface area contributed by atoms with E-state index in [1.54, 1.807) is 7.11 Å². The van der Waals surface area contributed by atoms with E-state index < -0.39 is 0 Å². The lowest BCUT2D eigenvalue weighted by Gasteiger charge is -2.17. The molecule has 2 rings (SSSR count). The lowest BCUT2D eigenvalue weighted by atomic mass is 9.92. The van der Waals surface area contributed by atoms with Crippen molar-refractivity contribution < 1.29 is 9.47 Å². The van der Waals surface area contributed by atoms with Crippen molar-refractivity contribution in [2.24, 2.45) is 4.99 Å². The van der Waals surface area contributed by atoms with Gasteiger partial charge in [0.2, 0.25) is 0 Å². The van der Waals surface area contributed by atoms with Crippen LogP contribution in [0.3, 0.4) is 0 Å². The highest BCUT2D eigenvalue weighted by molar-refractivity contribution is 14.0. The molecule has 0 bridgehead atoms. The molecule has 172 valence electrons. The molecule has 0 heterocycles. The second-order valence-corrected chi connectivity index (χ2v) is 7.26. The van der Waals surface area contributed by atoms with Gasteiger partial charge in [-0.2, -0.15) is 0 Å². The van der Waals surface area contributed by atoms with Crippen LogP contribution in [0.1, 0.15) is 36.8 Å². The second-order valence-electron chi connectivity index (χ2n) is 7.26. The number of hydrogen-bond acceptors (Lipinski definition) is 3. The zero-order valence-electron chi connectivity index (χ0n) is 18.9. The van der Waals surface area contributed by atoms with Crippen molar-refractivity contribution in [2.45, 2.75) is 32.1 Å². The fraction of sp³-hybridized carbons (Fsp3) is 0.480. The molecule has 1 unspecified atom stereocenters. The summed E-state index contributed by atoms with van der Waals surface area (Å²) >= 11 is 0. The number of nitrogens with one attached hydrogen (secondary N) is 2. The van der Waals surface area contributed by atoms with Crippen LogP contribution in [0.2, 0.25) is 0 Å². The van der Waals surface area contributed by atoms with E-state index in [1.165, 1.54) is 11.1 Å². The Morgan fingerprint density at radius 1 is 0.903 bits per heavy atom. The molecule has 0 fully saturated rings. The van der Waals surface area contributed by atoms with Crippen molar-refractivity contribution in [1.82, 2.24) is 10.6 Å². The van der Waals surface area contributed by atoms with Crippen LogP contribution in [0.25, 0.3) is 0 Å². The van der Waals surface area contributed by atoms with Crippen LogP contribution in [-0.2, 0) is 15.9 Å². The molecule has 2 N–H and O–H groups in total. The summed E-state index contributed by atoms with van der Waals surface area (Å²) in [4.78, 5) is 4.89. The van der Waals surface area contributed by atoms with E-state index in [1.807, 2.05) is 0 Å². The Hall–Kier alpha value is -1.64. The van der Waals surface area contributed by atoms with Gasteiger partial charge in [0.05, 0.1) is 13.2 Å². The van der Waals surface area contributed by atoms with Crippen LogP contribution in [0.5, 0.6) is 0 Å². The molecule has 0 aromatic heterocycles. The molecular formula is C25H38IN3O2. The lowest BCUT2D eigenvalue weighted by molar-refractivity contribution is 0.0689. The molecule has 2 aromatic rings. The molecule has 6 heteroatoms. The Balaban J connectivity index is 0.00000480. The van der Waals surface area contributed by atoms with Crippen LogP contribution in [0.15, 0.2) is 65.7 Å². The average Bonchev–Trinajstić information content (AvgIpc) is 2.79. The molecule has 5 nitrogen and oxygen atoms in total. The smallest absolute Gasteiger partial charge is 0.191 e. The van der Waals surface area contributed by atoms with Gasteiger partial charge in [-0.1, -0.05) is 60.7 Å². The minimum absolute atomic E-state index is 0. The maximum atomic E-state index is 5.51. The minimum atomic E-state index is 0. The highest BCUT2D eigenvalue weighted by Gasteiger charge is 2.12. The molecule has 0 saturated heterocycles. The fourth-order valence-electron chi connectivity index (χ4n) is 3.24. The number of methoxy groups -OCH3 is 1. The number of nitrogens with zero attached hydrogens (tertiary/aromatic N) is 1. The zero-order valence-corrected chi connectivity index (χ0v) is 21.2. The Morgan fingerprint density at radius 3 is 2.29 bits per heavy atom. The number of benzene rings is 2. The molecule has 2 aromatic carbocycles. The molecule has 1 atom stereocenters. The van der Waals surface area contributed by atoms with Gasteiger partial charge in [-0.05, 0) is 37.3 Å². The number of guanidine groups is 1. The summed E-state index contributed by atoms with van der Waals surface area (Å²) in [6.07, 6.45) is 3.05. The number of rotatable bonds is 14. The van der Waals surface area contributed by atoms with E-state index >= 15 is 0 Å². The molecule has 0 aliphatic heterocycles. The maximum absolute atomic E-state index is 5.51. The third-order valence-electron chi connectivity index (χ3n) is 4.85. The molecule has 0 spiro atoms. The van der Waals surface area contributed by atoms with Crippen LogP contribution < -0.4 is 10.6 Å². The molecule has 31 heavy (non-hydrogen) atoms. The number of halogens is 1.